The molecule has 0 unspecified atom stereocenters. The summed E-state index contributed by atoms with van der Waals surface area (Å²) in [4.78, 5) is 0. The summed E-state index contributed by atoms with van der Waals surface area (Å²) in [5.74, 6) is 0.403. The Morgan fingerprint density at radius 3 is 2.20 bits per heavy atom. The smallest absolute Gasteiger partial charge is 0.0991 e. The summed E-state index contributed by atoms with van der Waals surface area (Å²) in [6, 6.07) is 9.76. The second-order valence-electron chi connectivity index (χ2n) is 3.68. The number of rotatable bonds is 5. The fraction of sp³-hybridized carbons (Fsp3) is 0.417. The fourth-order valence-corrected chi connectivity index (χ4v) is 1.45. The molecule has 0 bridgehead atoms. The van der Waals surface area contributed by atoms with Crippen molar-refractivity contribution in [2.45, 2.75) is 12.8 Å². The summed E-state index contributed by atoms with van der Waals surface area (Å²) < 4.78 is 0. The topological polar surface area (TPSA) is 75.8 Å². The first kappa shape index (κ1) is 11.7. The quantitative estimate of drug-likeness (QED) is 0.750. The molecule has 1 aromatic carbocycles. The Labute approximate surface area is 90.7 Å². The van der Waals surface area contributed by atoms with Gasteiger partial charge in [-0.25, -0.2) is 0 Å². The van der Waals surface area contributed by atoms with Crippen LogP contribution in [0.3, 0.4) is 0 Å². The van der Waals surface area contributed by atoms with E-state index in [9.17, 15) is 0 Å². The van der Waals surface area contributed by atoms with E-state index in [1.807, 2.05) is 24.3 Å². The van der Waals surface area contributed by atoms with Crippen LogP contribution in [0.2, 0.25) is 0 Å². The van der Waals surface area contributed by atoms with Gasteiger partial charge in [0.25, 0.3) is 0 Å². The lowest BCUT2D eigenvalue weighted by Crippen LogP contribution is -2.23. The molecule has 0 radical (unpaired) electrons. The predicted octanol–water partition coefficient (Wildman–Crippen LogP) is 1.02. The number of hydrogen-bond acceptors (Lipinski definition) is 3. The van der Waals surface area contributed by atoms with Crippen LogP contribution in [-0.2, 0) is 6.42 Å². The lowest BCUT2D eigenvalue weighted by atomic mass is 9.99. The minimum atomic E-state index is 0.403. The molecular weight excluding hydrogens is 186 g/mol. The number of nitriles is 1. The Bertz CT molecular complexity index is 320. The van der Waals surface area contributed by atoms with E-state index in [1.54, 1.807) is 0 Å². The molecule has 3 heteroatoms. The first-order valence-corrected chi connectivity index (χ1v) is 5.19. The van der Waals surface area contributed by atoms with Crippen molar-refractivity contribution in [1.29, 1.82) is 5.26 Å². The standard InChI is InChI=1S/C12H17N3/c13-7-11-4-1-10(2-5-11)3-6-12(8-14)9-15/h1-2,4-5,12H,3,6,8-9,14-15H2. The Morgan fingerprint density at radius 2 is 1.73 bits per heavy atom. The number of aryl methyl sites for hydroxylation is 1. The van der Waals surface area contributed by atoms with Crippen molar-refractivity contribution in [2.24, 2.45) is 17.4 Å². The van der Waals surface area contributed by atoms with Crippen molar-refractivity contribution in [3.8, 4) is 6.07 Å². The molecule has 0 aromatic heterocycles. The zero-order valence-corrected chi connectivity index (χ0v) is 8.82. The van der Waals surface area contributed by atoms with Crippen LogP contribution in [0.1, 0.15) is 17.5 Å². The largest absolute Gasteiger partial charge is 0.330 e. The van der Waals surface area contributed by atoms with Gasteiger partial charge >= 0.3 is 0 Å². The van der Waals surface area contributed by atoms with Gasteiger partial charge in [-0.1, -0.05) is 12.1 Å². The van der Waals surface area contributed by atoms with Crippen LogP contribution in [0.4, 0.5) is 0 Å². The Balaban J connectivity index is 2.48. The van der Waals surface area contributed by atoms with Crippen LogP contribution in [0, 0.1) is 17.2 Å². The van der Waals surface area contributed by atoms with Gasteiger partial charge in [0.1, 0.15) is 0 Å². The molecule has 15 heavy (non-hydrogen) atoms. The minimum absolute atomic E-state index is 0.403. The number of benzene rings is 1. The second-order valence-corrected chi connectivity index (χ2v) is 3.68. The van der Waals surface area contributed by atoms with Crippen LogP contribution >= 0.6 is 0 Å². The van der Waals surface area contributed by atoms with Gasteiger partial charge in [0.15, 0.2) is 0 Å². The molecule has 0 aliphatic heterocycles. The maximum Gasteiger partial charge on any atom is 0.0991 e. The summed E-state index contributed by atoms with van der Waals surface area (Å²) in [5, 5.41) is 8.64. The summed E-state index contributed by atoms with van der Waals surface area (Å²) in [7, 11) is 0. The monoisotopic (exact) mass is 203 g/mol. The highest BCUT2D eigenvalue weighted by Crippen LogP contribution is 2.09. The Morgan fingerprint density at radius 1 is 1.13 bits per heavy atom. The van der Waals surface area contributed by atoms with Gasteiger partial charge < -0.3 is 11.5 Å². The van der Waals surface area contributed by atoms with Crippen LogP contribution < -0.4 is 11.5 Å². The normalized spacial score (nSPS) is 10.3. The fourth-order valence-electron chi connectivity index (χ4n) is 1.45. The van der Waals surface area contributed by atoms with Crippen molar-refractivity contribution >= 4 is 0 Å². The highest BCUT2D eigenvalue weighted by molar-refractivity contribution is 5.31. The van der Waals surface area contributed by atoms with Crippen molar-refractivity contribution in [1.82, 2.24) is 0 Å². The molecule has 0 saturated carbocycles. The van der Waals surface area contributed by atoms with Gasteiger partial charge in [-0.2, -0.15) is 5.26 Å². The molecule has 0 amide bonds. The zero-order valence-electron chi connectivity index (χ0n) is 8.82. The molecule has 4 N–H and O–H groups in total. The summed E-state index contributed by atoms with van der Waals surface area (Å²) in [5.41, 5.74) is 13.1. The molecule has 0 aliphatic rings. The van der Waals surface area contributed by atoms with Gasteiger partial charge in [0, 0.05) is 0 Å². The molecule has 0 spiro atoms. The van der Waals surface area contributed by atoms with Crippen LogP contribution in [-0.4, -0.2) is 13.1 Å². The minimum Gasteiger partial charge on any atom is -0.330 e. The molecule has 0 fully saturated rings. The van der Waals surface area contributed by atoms with Gasteiger partial charge in [-0.15, -0.1) is 0 Å². The molecule has 0 heterocycles. The molecular formula is C12H17N3. The van der Waals surface area contributed by atoms with E-state index in [-0.39, 0.29) is 0 Å². The highest BCUT2D eigenvalue weighted by atomic mass is 14.6. The maximum absolute atomic E-state index is 8.64. The third-order valence-corrected chi connectivity index (χ3v) is 2.59. The summed E-state index contributed by atoms with van der Waals surface area (Å²) >= 11 is 0. The van der Waals surface area contributed by atoms with Gasteiger partial charge in [-0.3, -0.25) is 0 Å². The van der Waals surface area contributed by atoms with E-state index >= 15 is 0 Å². The first-order chi connectivity index (χ1) is 7.30. The second kappa shape index (κ2) is 6.18. The SMILES string of the molecule is N#Cc1ccc(CCC(CN)CN)cc1. The Hall–Kier alpha value is -1.37. The third-order valence-electron chi connectivity index (χ3n) is 2.59. The van der Waals surface area contributed by atoms with Crippen LogP contribution in [0.15, 0.2) is 24.3 Å². The molecule has 0 saturated heterocycles. The van der Waals surface area contributed by atoms with Gasteiger partial charge in [-0.05, 0) is 49.5 Å². The average molecular weight is 203 g/mol. The highest BCUT2D eigenvalue weighted by Gasteiger charge is 2.04. The molecule has 1 rings (SSSR count). The number of nitrogens with two attached hydrogens (primary N) is 2. The lowest BCUT2D eigenvalue weighted by Gasteiger charge is -2.11. The molecule has 3 nitrogen and oxygen atoms in total. The van der Waals surface area contributed by atoms with E-state index in [2.05, 4.69) is 6.07 Å². The molecule has 1 aromatic rings. The third kappa shape index (κ3) is 3.70. The molecule has 0 aliphatic carbocycles. The first-order valence-electron chi connectivity index (χ1n) is 5.19. The maximum atomic E-state index is 8.64. The van der Waals surface area contributed by atoms with Crippen LogP contribution in [0.25, 0.3) is 0 Å². The van der Waals surface area contributed by atoms with E-state index in [0.717, 1.165) is 12.8 Å². The van der Waals surface area contributed by atoms with Crippen LogP contribution in [0.5, 0.6) is 0 Å². The predicted molar refractivity (Wildman–Crippen MR) is 61.1 cm³/mol. The number of hydrogen-bond donors (Lipinski definition) is 2. The van der Waals surface area contributed by atoms with Crippen molar-refractivity contribution in [2.75, 3.05) is 13.1 Å². The molecule has 0 atom stereocenters. The van der Waals surface area contributed by atoms with Crippen molar-refractivity contribution in [3.63, 3.8) is 0 Å². The zero-order chi connectivity index (χ0) is 11.1. The average Bonchev–Trinajstić information content (AvgIpc) is 2.31. The summed E-state index contributed by atoms with van der Waals surface area (Å²) in [6.07, 6.45) is 1.99. The van der Waals surface area contributed by atoms with Gasteiger partial charge in [0.05, 0.1) is 11.6 Å². The van der Waals surface area contributed by atoms with Gasteiger partial charge in [0.2, 0.25) is 0 Å². The van der Waals surface area contributed by atoms with E-state index < -0.39 is 0 Å². The van der Waals surface area contributed by atoms with Crippen molar-refractivity contribution in [3.05, 3.63) is 35.4 Å². The summed E-state index contributed by atoms with van der Waals surface area (Å²) in [6.45, 7) is 1.29. The number of nitrogens with zero attached hydrogens (tertiary/aromatic N) is 1. The lowest BCUT2D eigenvalue weighted by molar-refractivity contribution is 0.508. The Kier molecular flexibility index (Phi) is 4.82. The van der Waals surface area contributed by atoms with E-state index in [1.165, 1.54) is 5.56 Å². The van der Waals surface area contributed by atoms with E-state index in [0.29, 0.717) is 24.6 Å². The van der Waals surface area contributed by atoms with Crippen molar-refractivity contribution < 1.29 is 0 Å². The van der Waals surface area contributed by atoms with E-state index in [4.69, 9.17) is 16.7 Å². The molecule has 80 valence electrons.